The second-order valence-electron chi connectivity index (χ2n) is 1.85. The second-order valence-corrected chi connectivity index (χ2v) is 1.85. The molecule has 0 unspecified atom stereocenters. The molecular formula is C7H17B. The highest BCUT2D eigenvalue weighted by molar-refractivity contribution is 6.08. The molecule has 48 valence electrons. The van der Waals surface area contributed by atoms with E-state index in [2.05, 4.69) is 20.8 Å². The van der Waals surface area contributed by atoms with Gasteiger partial charge in [-0.1, -0.05) is 46.4 Å². The first kappa shape index (κ1) is 10.9. The third-order valence-electron chi connectivity index (χ3n) is 0.558. The lowest BCUT2D eigenvalue weighted by molar-refractivity contribution is 0.884. The minimum atomic E-state index is 0.844. The highest BCUT2D eigenvalue weighted by atomic mass is 13.7. The van der Waals surface area contributed by atoms with Crippen molar-refractivity contribution in [2.24, 2.45) is 0 Å². The number of rotatable bonds is 2. The van der Waals surface area contributed by atoms with E-state index in [9.17, 15) is 0 Å². The van der Waals surface area contributed by atoms with Crippen LogP contribution >= 0.6 is 0 Å². The van der Waals surface area contributed by atoms with Gasteiger partial charge in [0.25, 0.3) is 0 Å². The minimum absolute atomic E-state index is 0.844. The van der Waals surface area contributed by atoms with Crippen molar-refractivity contribution in [3.63, 3.8) is 0 Å². The highest BCUT2D eigenvalue weighted by Crippen LogP contribution is 1.86. The van der Waals surface area contributed by atoms with Crippen LogP contribution in [-0.2, 0) is 0 Å². The molecule has 0 bridgehead atoms. The average molecular weight is 112 g/mol. The summed E-state index contributed by atoms with van der Waals surface area (Å²) in [6, 6.07) is 0. The summed E-state index contributed by atoms with van der Waals surface area (Å²) in [7, 11) is 5.14. The predicted octanol–water partition coefficient (Wildman–Crippen LogP) is 2.79. The van der Waals surface area contributed by atoms with Crippen molar-refractivity contribution >= 4 is 7.85 Å². The van der Waals surface area contributed by atoms with Gasteiger partial charge in [0, 0.05) is 0 Å². The molecule has 1 heteroatoms. The Balaban J connectivity index is 0. The van der Waals surface area contributed by atoms with Crippen LogP contribution in [0.5, 0.6) is 0 Å². The molecule has 8 heavy (non-hydrogen) atoms. The van der Waals surface area contributed by atoms with E-state index in [1.165, 1.54) is 19.3 Å². The summed E-state index contributed by atoms with van der Waals surface area (Å²) >= 11 is 0. The Kier molecular flexibility index (Phi) is 21.5. The summed E-state index contributed by atoms with van der Waals surface area (Å²) in [6.45, 7) is 6.38. The molecule has 0 rings (SSSR count). The number of unbranched alkanes of at least 4 members (excludes halogenated alkanes) is 1. The van der Waals surface area contributed by atoms with E-state index in [0.29, 0.717) is 0 Å². The average Bonchev–Trinajstić information content (AvgIpc) is 1.71. The summed E-state index contributed by atoms with van der Waals surface area (Å²) in [4.78, 5) is 0. The van der Waals surface area contributed by atoms with Gasteiger partial charge in [-0.25, -0.2) is 0 Å². The molecule has 0 atom stereocenters. The fraction of sp³-hybridized carbons (Fsp3) is 1.00. The Hall–Kier alpha value is 0.0649. The lowest BCUT2D eigenvalue weighted by atomic mass is 10.0. The number of hydrogen-bond donors (Lipinski definition) is 0. The van der Waals surface area contributed by atoms with Crippen LogP contribution in [0.1, 0.15) is 40.0 Å². The van der Waals surface area contributed by atoms with Gasteiger partial charge < -0.3 is 0 Å². The normalized spacial score (nSPS) is 7.38. The van der Waals surface area contributed by atoms with E-state index in [0.717, 1.165) is 6.32 Å². The van der Waals surface area contributed by atoms with Gasteiger partial charge in [0.2, 0.25) is 0 Å². The highest BCUT2D eigenvalue weighted by Gasteiger charge is 1.68. The van der Waals surface area contributed by atoms with Crippen LogP contribution in [0.4, 0.5) is 0 Å². The zero-order valence-corrected chi connectivity index (χ0v) is 6.41. The molecule has 0 aromatic rings. The quantitative estimate of drug-likeness (QED) is 0.482. The fourth-order valence-electron chi connectivity index (χ4n) is 0.204. The molecule has 0 heterocycles. The predicted molar refractivity (Wildman–Crippen MR) is 41.4 cm³/mol. The summed E-state index contributed by atoms with van der Waals surface area (Å²) < 4.78 is 0. The van der Waals surface area contributed by atoms with Crippen molar-refractivity contribution < 1.29 is 0 Å². The maximum Gasteiger partial charge on any atom is 0.0652 e. The maximum absolute atomic E-state index is 5.14. The van der Waals surface area contributed by atoms with Crippen molar-refractivity contribution in [2.75, 3.05) is 0 Å². The maximum atomic E-state index is 5.14. The van der Waals surface area contributed by atoms with Crippen LogP contribution < -0.4 is 0 Å². The van der Waals surface area contributed by atoms with Gasteiger partial charge in [-0.15, -0.1) is 0 Å². The Morgan fingerprint density at radius 2 is 1.50 bits per heavy atom. The van der Waals surface area contributed by atoms with Crippen molar-refractivity contribution in [1.82, 2.24) is 0 Å². The van der Waals surface area contributed by atoms with Crippen LogP contribution in [0.15, 0.2) is 0 Å². The minimum Gasteiger partial charge on any atom is -0.0887 e. The Bertz CT molecular complexity index is 18.3. The largest absolute Gasteiger partial charge is 0.0887 e. The van der Waals surface area contributed by atoms with Gasteiger partial charge in [0.05, 0.1) is 7.85 Å². The van der Waals surface area contributed by atoms with E-state index in [1.807, 2.05) is 0 Å². The van der Waals surface area contributed by atoms with Crippen LogP contribution in [0.3, 0.4) is 0 Å². The SMILES string of the molecule is CCC.[B]CCCC. The summed E-state index contributed by atoms with van der Waals surface area (Å²) in [5.74, 6) is 0. The summed E-state index contributed by atoms with van der Waals surface area (Å²) in [6.07, 6.45) is 4.48. The zero-order chi connectivity index (χ0) is 6.83. The fourth-order valence-corrected chi connectivity index (χ4v) is 0.204. The topological polar surface area (TPSA) is 0 Å². The second kappa shape index (κ2) is 15.7. The lowest BCUT2D eigenvalue weighted by Crippen LogP contribution is -1.63. The standard InChI is InChI=1S/C4H9B.C3H8/c1-2-3-4-5;1-3-2/h2-4H2,1H3;3H2,1-2H3. The van der Waals surface area contributed by atoms with Crippen LogP contribution in [0.25, 0.3) is 0 Å². The molecule has 0 aromatic heterocycles. The summed E-state index contributed by atoms with van der Waals surface area (Å²) in [5, 5.41) is 0. The molecule has 0 aliphatic carbocycles. The summed E-state index contributed by atoms with van der Waals surface area (Å²) in [5.41, 5.74) is 0. The van der Waals surface area contributed by atoms with E-state index in [1.54, 1.807) is 0 Å². The lowest BCUT2D eigenvalue weighted by Gasteiger charge is -1.79. The van der Waals surface area contributed by atoms with Gasteiger partial charge in [-0.05, 0) is 0 Å². The monoisotopic (exact) mass is 112 g/mol. The Morgan fingerprint density at radius 1 is 1.12 bits per heavy atom. The Labute approximate surface area is 55.1 Å². The van der Waals surface area contributed by atoms with Crippen LogP contribution in [-0.4, -0.2) is 7.85 Å². The van der Waals surface area contributed by atoms with Crippen molar-refractivity contribution in [2.45, 2.75) is 46.4 Å². The first-order valence-corrected chi connectivity index (χ1v) is 3.53. The molecule has 0 aromatic carbocycles. The zero-order valence-electron chi connectivity index (χ0n) is 6.41. The Morgan fingerprint density at radius 3 is 1.50 bits per heavy atom. The van der Waals surface area contributed by atoms with Crippen LogP contribution in [0, 0.1) is 0 Å². The molecular weight excluding hydrogens is 94.9 g/mol. The van der Waals surface area contributed by atoms with Gasteiger partial charge in [-0.3, -0.25) is 0 Å². The molecule has 0 aliphatic rings. The molecule has 2 radical (unpaired) electrons. The smallest absolute Gasteiger partial charge is 0.0652 e. The van der Waals surface area contributed by atoms with Crippen LogP contribution in [0.2, 0.25) is 6.32 Å². The molecule has 0 saturated heterocycles. The molecule has 0 nitrogen and oxygen atoms in total. The van der Waals surface area contributed by atoms with Gasteiger partial charge in [0.1, 0.15) is 0 Å². The molecule has 0 aliphatic heterocycles. The van der Waals surface area contributed by atoms with Crippen molar-refractivity contribution in [1.29, 1.82) is 0 Å². The van der Waals surface area contributed by atoms with Crippen molar-refractivity contribution in [3.05, 3.63) is 0 Å². The third kappa shape index (κ3) is 36.5. The number of hydrogen-bond acceptors (Lipinski definition) is 0. The van der Waals surface area contributed by atoms with E-state index in [-0.39, 0.29) is 0 Å². The molecule has 0 fully saturated rings. The molecule has 0 spiro atoms. The van der Waals surface area contributed by atoms with E-state index < -0.39 is 0 Å². The van der Waals surface area contributed by atoms with E-state index >= 15 is 0 Å². The van der Waals surface area contributed by atoms with Crippen molar-refractivity contribution in [3.8, 4) is 0 Å². The first-order chi connectivity index (χ1) is 3.83. The third-order valence-corrected chi connectivity index (χ3v) is 0.558. The molecule has 0 amide bonds. The molecule has 0 N–H and O–H groups in total. The molecule has 0 saturated carbocycles. The van der Waals surface area contributed by atoms with Gasteiger partial charge in [-0.2, -0.15) is 0 Å². The first-order valence-electron chi connectivity index (χ1n) is 3.53. The van der Waals surface area contributed by atoms with Gasteiger partial charge >= 0.3 is 0 Å². The van der Waals surface area contributed by atoms with E-state index in [4.69, 9.17) is 7.85 Å². The van der Waals surface area contributed by atoms with Gasteiger partial charge in [0.15, 0.2) is 0 Å².